The number of ether oxygens (including phenoxy) is 1. The first-order valence-electron chi connectivity index (χ1n) is 4.44. The lowest BCUT2D eigenvalue weighted by Gasteiger charge is -2.16. The highest BCUT2D eigenvalue weighted by Crippen LogP contribution is 2.05. The van der Waals surface area contributed by atoms with E-state index in [1.807, 2.05) is 0 Å². The van der Waals surface area contributed by atoms with Gasteiger partial charge < -0.3 is 30.6 Å². The van der Waals surface area contributed by atoms with E-state index < -0.39 is 12.6 Å². The van der Waals surface area contributed by atoms with Crippen LogP contribution in [0.25, 0.3) is 0 Å². The standard InChI is InChI=1S/C8H18O5.H2O/c9-5-1-3-7(11)13-8(12)4-2-6-10;/h7-12H,1-6H2;1H2. The van der Waals surface area contributed by atoms with Crippen molar-refractivity contribution < 1.29 is 30.6 Å². The maximum absolute atomic E-state index is 9.09. The van der Waals surface area contributed by atoms with Crippen molar-refractivity contribution in [2.24, 2.45) is 0 Å². The first-order valence-corrected chi connectivity index (χ1v) is 4.44. The molecule has 14 heavy (non-hydrogen) atoms. The normalized spacial score (nSPS) is 14.6. The van der Waals surface area contributed by atoms with E-state index in [0.29, 0.717) is 25.7 Å². The van der Waals surface area contributed by atoms with Gasteiger partial charge in [-0.15, -0.1) is 0 Å². The van der Waals surface area contributed by atoms with E-state index in [4.69, 9.17) is 25.2 Å². The van der Waals surface area contributed by atoms with E-state index in [2.05, 4.69) is 0 Å². The molecule has 6 nitrogen and oxygen atoms in total. The molecule has 0 radical (unpaired) electrons. The van der Waals surface area contributed by atoms with Gasteiger partial charge in [-0.25, -0.2) is 0 Å². The van der Waals surface area contributed by atoms with Crippen LogP contribution in [0.3, 0.4) is 0 Å². The van der Waals surface area contributed by atoms with Gasteiger partial charge in [0.1, 0.15) is 0 Å². The summed E-state index contributed by atoms with van der Waals surface area (Å²) in [4.78, 5) is 0. The minimum absolute atomic E-state index is 0. The Balaban J connectivity index is 0. The Morgan fingerprint density at radius 2 is 1.21 bits per heavy atom. The molecule has 6 heteroatoms. The van der Waals surface area contributed by atoms with Crippen molar-refractivity contribution >= 4 is 0 Å². The molecule has 0 aliphatic rings. The fraction of sp³-hybridized carbons (Fsp3) is 1.00. The Labute approximate surface area is 83.1 Å². The average Bonchev–Trinajstić information content (AvgIpc) is 2.11. The minimum atomic E-state index is -1.04. The minimum Gasteiger partial charge on any atom is -0.412 e. The third kappa shape index (κ3) is 9.85. The van der Waals surface area contributed by atoms with Gasteiger partial charge in [0.2, 0.25) is 0 Å². The fourth-order valence-electron chi connectivity index (χ4n) is 0.849. The summed E-state index contributed by atoms with van der Waals surface area (Å²) in [6.45, 7) is -0.0136. The van der Waals surface area contributed by atoms with Crippen molar-refractivity contribution in [1.29, 1.82) is 0 Å². The summed E-state index contributed by atoms with van der Waals surface area (Å²) in [7, 11) is 0. The number of aliphatic hydroxyl groups is 4. The molecule has 2 unspecified atom stereocenters. The monoisotopic (exact) mass is 212 g/mol. The summed E-state index contributed by atoms with van der Waals surface area (Å²) in [5.74, 6) is 0. The third-order valence-corrected chi connectivity index (χ3v) is 1.53. The van der Waals surface area contributed by atoms with Gasteiger partial charge in [0, 0.05) is 26.1 Å². The third-order valence-electron chi connectivity index (χ3n) is 1.53. The van der Waals surface area contributed by atoms with Gasteiger partial charge in [-0.1, -0.05) is 0 Å². The number of hydrogen-bond donors (Lipinski definition) is 4. The SMILES string of the molecule is O.OCCCC(O)OC(O)CCCO. The number of rotatable bonds is 8. The summed E-state index contributed by atoms with van der Waals surface area (Å²) in [5.41, 5.74) is 0. The molecule has 0 bridgehead atoms. The van der Waals surface area contributed by atoms with Crippen molar-refractivity contribution in [3.05, 3.63) is 0 Å². The van der Waals surface area contributed by atoms with Crippen LogP contribution in [0.1, 0.15) is 25.7 Å². The van der Waals surface area contributed by atoms with Crippen LogP contribution >= 0.6 is 0 Å². The second-order valence-corrected chi connectivity index (χ2v) is 2.78. The molecule has 0 aromatic rings. The Morgan fingerprint density at radius 3 is 1.50 bits per heavy atom. The molecule has 0 saturated carbocycles. The van der Waals surface area contributed by atoms with Gasteiger partial charge in [0.15, 0.2) is 12.6 Å². The lowest BCUT2D eigenvalue weighted by molar-refractivity contribution is -0.212. The van der Waals surface area contributed by atoms with Crippen LogP contribution in [0.5, 0.6) is 0 Å². The second-order valence-electron chi connectivity index (χ2n) is 2.78. The summed E-state index contributed by atoms with van der Waals surface area (Å²) in [5, 5.41) is 35.0. The Morgan fingerprint density at radius 1 is 0.857 bits per heavy atom. The van der Waals surface area contributed by atoms with Crippen molar-refractivity contribution in [2.75, 3.05) is 13.2 Å². The van der Waals surface area contributed by atoms with E-state index in [0.717, 1.165) is 0 Å². The molecule has 0 aliphatic heterocycles. The van der Waals surface area contributed by atoms with Crippen LogP contribution in [-0.2, 0) is 4.74 Å². The van der Waals surface area contributed by atoms with Gasteiger partial charge >= 0.3 is 0 Å². The van der Waals surface area contributed by atoms with E-state index >= 15 is 0 Å². The molecule has 0 amide bonds. The first kappa shape index (κ1) is 16.2. The Kier molecular flexibility index (Phi) is 12.5. The maximum Gasteiger partial charge on any atom is 0.157 e. The lowest BCUT2D eigenvalue weighted by Crippen LogP contribution is -2.22. The van der Waals surface area contributed by atoms with Crippen molar-refractivity contribution in [3.63, 3.8) is 0 Å². The molecule has 0 aromatic carbocycles. The molecule has 6 N–H and O–H groups in total. The largest absolute Gasteiger partial charge is 0.412 e. The smallest absolute Gasteiger partial charge is 0.157 e. The predicted molar refractivity (Wildman–Crippen MR) is 49.4 cm³/mol. The zero-order chi connectivity index (χ0) is 10.1. The van der Waals surface area contributed by atoms with Gasteiger partial charge in [0.05, 0.1) is 0 Å². The zero-order valence-corrected chi connectivity index (χ0v) is 8.09. The summed E-state index contributed by atoms with van der Waals surface area (Å²) in [6, 6.07) is 0. The number of hydrogen-bond acceptors (Lipinski definition) is 5. The number of aliphatic hydroxyl groups excluding tert-OH is 4. The van der Waals surface area contributed by atoms with Crippen molar-refractivity contribution in [1.82, 2.24) is 0 Å². The predicted octanol–water partition coefficient (Wildman–Crippen LogP) is -1.64. The molecule has 88 valence electrons. The quantitative estimate of drug-likeness (QED) is 0.359. The van der Waals surface area contributed by atoms with Gasteiger partial charge in [-0.2, -0.15) is 0 Å². The highest BCUT2D eigenvalue weighted by Gasteiger charge is 2.10. The summed E-state index contributed by atoms with van der Waals surface area (Å²) < 4.78 is 4.74. The van der Waals surface area contributed by atoms with Gasteiger partial charge in [-0.05, 0) is 12.8 Å². The van der Waals surface area contributed by atoms with Crippen LogP contribution in [0.4, 0.5) is 0 Å². The van der Waals surface area contributed by atoms with Crippen LogP contribution in [0.15, 0.2) is 0 Å². The van der Waals surface area contributed by atoms with E-state index in [9.17, 15) is 0 Å². The topological polar surface area (TPSA) is 122 Å². The molecule has 0 aromatic heterocycles. The average molecular weight is 212 g/mol. The summed E-state index contributed by atoms with van der Waals surface area (Å²) in [6.07, 6.45) is -0.608. The molecule has 0 spiro atoms. The Bertz CT molecular complexity index is 98.0. The molecule has 2 atom stereocenters. The summed E-state index contributed by atoms with van der Waals surface area (Å²) >= 11 is 0. The van der Waals surface area contributed by atoms with E-state index in [1.165, 1.54) is 0 Å². The van der Waals surface area contributed by atoms with Crippen LogP contribution in [0.2, 0.25) is 0 Å². The molecule has 0 fully saturated rings. The second kappa shape index (κ2) is 10.8. The molecular formula is C8H20O6. The van der Waals surface area contributed by atoms with Crippen molar-refractivity contribution in [2.45, 2.75) is 38.3 Å². The highest BCUT2D eigenvalue weighted by molar-refractivity contribution is 4.47. The molecule has 0 rings (SSSR count). The van der Waals surface area contributed by atoms with Gasteiger partial charge in [-0.3, -0.25) is 0 Å². The van der Waals surface area contributed by atoms with Crippen LogP contribution < -0.4 is 0 Å². The highest BCUT2D eigenvalue weighted by atomic mass is 16.7. The maximum atomic E-state index is 9.09. The molecular weight excluding hydrogens is 192 g/mol. The molecule has 0 heterocycles. The van der Waals surface area contributed by atoms with E-state index in [-0.39, 0.29) is 18.7 Å². The lowest BCUT2D eigenvalue weighted by atomic mass is 10.3. The zero-order valence-electron chi connectivity index (χ0n) is 8.09. The van der Waals surface area contributed by atoms with Crippen LogP contribution in [0, 0.1) is 0 Å². The van der Waals surface area contributed by atoms with Gasteiger partial charge in [0.25, 0.3) is 0 Å². The van der Waals surface area contributed by atoms with Crippen LogP contribution in [-0.4, -0.2) is 51.7 Å². The Hall–Kier alpha value is -0.240. The molecule has 0 aliphatic carbocycles. The van der Waals surface area contributed by atoms with E-state index in [1.54, 1.807) is 0 Å². The first-order chi connectivity index (χ1) is 6.20. The molecule has 0 saturated heterocycles. The van der Waals surface area contributed by atoms with Crippen molar-refractivity contribution in [3.8, 4) is 0 Å². The fourth-order valence-corrected chi connectivity index (χ4v) is 0.849.